The highest BCUT2D eigenvalue weighted by Crippen LogP contribution is 2.29. The molecule has 1 aliphatic heterocycles. The Labute approximate surface area is 171 Å². The van der Waals surface area contributed by atoms with E-state index >= 15 is 0 Å². The van der Waals surface area contributed by atoms with E-state index in [-0.39, 0.29) is 17.9 Å². The fourth-order valence-electron chi connectivity index (χ4n) is 3.58. The van der Waals surface area contributed by atoms with Gasteiger partial charge in [0.15, 0.2) is 11.5 Å². The predicted octanol–water partition coefficient (Wildman–Crippen LogP) is 3.87. The Bertz CT molecular complexity index is 865. The molecule has 0 saturated carbocycles. The van der Waals surface area contributed by atoms with Crippen LogP contribution in [-0.4, -0.2) is 47.7 Å². The molecule has 154 valence electrons. The van der Waals surface area contributed by atoms with Crippen LogP contribution in [0, 0.1) is 5.82 Å². The average molecular weight is 398 g/mol. The molecule has 0 spiro atoms. The van der Waals surface area contributed by atoms with Gasteiger partial charge < -0.3 is 14.4 Å². The number of rotatable bonds is 7. The predicted molar refractivity (Wildman–Crippen MR) is 110 cm³/mol. The van der Waals surface area contributed by atoms with Crippen LogP contribution in [0.15, 0.2) is 54.2 Å². The summed E-state index contributed by atoms with van der Waals surface area (Å²) in [5, 5.41) is 0. The summed E-state index contributed by atoms with van der Waals surface area (Å²) in [7, 11) is 0. The van der Waals surface area contributed by atoms with Crippen LogP contribution >= 0.6 is 0 Å². The van der Waals surface area contributed by atoms with Crippen molar-refractivity contribution in [3.63, 3.8) is 0 Å². The van der Waals surface area contributed by atoms with E-state index in [9.17, 15) is 9.18 Å². The lowest BCUT2D eigenvalue weighted by Crippen LogP contribution is -2.55. The van der Waals surface area contributed by atoms with E-state index in [0.717, 1.165) is 12.1 Å². The number of carbonyl (C=O) groups excluding carboxylic acids is 1. The van der Waals surface area contributed by atoms with Gasteiger partial charge in [-0.3, -0.25) is 4.90 Å². The number of hydrogen-bond acceptors (Lipinski definition) is 5. The Morgan fingerprint density at radius 1 is 1.07 bits per heavy atom. The molecule has 0 aromatic heterocycles. The first-order valence-electron chi connectivity index (χ1n) is 9.88. The zero-order chi connectivity index (χ0) is 20.8. The molecule has 2 atom stereocenters. The van der Waals surface area contributed by atoms with Crippen molar-refractivity contribution in [2.24, 2.45) is 0 Å². The molecule has 6 heteroatoms. The molecule has 0 amide bonds. The number of para-hydroxylation sites is 2. The Kier molecular flexibility index (Phi) is 6.91. The third-order valence-electron chi connectivity index (χ3n) is 5.19. The van der Waals surface area contributed by atoms with Gasteiger partial charge in [-0.2, -0.15) is 0 Å². The number of nitrogens with zero attached hydrogens (tertiary/aromatic N) is 2. The lowest BCUT2D eigenvalue weighted by molar-refractivity contribution is 0.0275. The molecule has 2 aromatic carbocycles. The zero-order valence-corrected chi connectivity index (χ0v) is 17.1. The van der Waals surface area contributed by atoms with Gasteiger partial charge >= 0.3 is 0 Å². The molecule has 5 nitrogen and oxygen atoms in total. The van der Waals surface area contributed by atoms with Crippen LogP contribution in [0.2, 0.25) is 0 Å². The second kappa shape index (κ2) is 9.59. The minimum Gasteiger partial charge on any atom is -0.490 e. The van der Waals surface area contributed by atoms with E-state index in [2.05, 4.69) is 17.8 Å². The van der Waals surface area contributed by atoms with Crippen molar-refractivity contribution < 1.29 is 18.7 Å². The van der Waals surface area contributed by atoms with Gasteiger partial charge in [-0.1, -0.05) is 24.3 Å². The summed E-state index contributed by atoms with van der Waals surface area (Å²) in [6.45, 7) is 8.14. The van der Waals surface area contributed by atoms with Crippen molar-refractivity contribution >= 4 is 5.94 Å². The highest BCUT2D eigenvalue weighted by molar-refractivity contribution is 5.54. The molecule has 0 unspecified atom stereocenters. The largest absolute Gasteiger partial charge is 0.490 e. The molecule has 2 aromatic rings. The lowest BCUT2D eigenvalue weighted by Gasteiger charge is -2.45. The van der Waals surface area contributed by atoms with E-state index in [0.29, 0.717) is 37.1 Å². The van der Waals surface area contributed by atoms with E-state index < -0.39 is 0 Å². The molecule has 1 heterocycles. The summed E-state index contributed by atoms with van der Waals surface area (Å²) in [6.07, 6.45) is 0. The first-order valence-corrected chi connectivity index (χ1v) is 9.88. The number of piperazine rings is 1. The molecule has 3 rings (SSSR count). The monoisotopic (exact) mass is 398 g/mol. The fraction of sp³-hybridized carbons (Fsp3) is 0.391. The summed E-state index contributed by atoms with van der Waals surface area (Å²) in [6, 6.07) is 13.9. The minimum atomic E-state index is -0.268. The number of halogens is 1. The second-order valence-corrected chi connectivity index (χ2v) is 7.19. The highest BCUT2D eigenvalue weighted by atomic mass is 19.1. The lowest BCUT2D eigenvalue weighted by atomic mass is 10.0. The first-order chi connectivity index (χ1) is 14.0. The number of benzene rings is 2. The third-order valence-corrected chi connectivity index (χ3v) is 5.19. The molecule has 0 aliphatic carbocycles. The summed E-state index contributed by atoms with van der Waals surface area (Å²) >= 11 is 0. The van der Waals surface area contributed by atoms with Crippen molar-refractivity contribution in [3.8, 4) is 11.5 Å². The third kappa shape index (κ3) is 4.97. The molecule has 1 aliphatic rings. The maximum Gasteiger partial charge on any atom is 0.163 e. The summed E-state index contributed by atoms with van der Waals surface area (Å²) in [5.74, 6) is 3.24. The van der Waals surface area contributed by atoms with Gasteiger partial charge in [-0.05, 0) is 50.6 Å². The molecule has 1 saturated heterocycles. The summed E-state index contributed by atoms with van der Waals surface area (Å²) in [4.78, 5) is 15.9. The maximum atomic E-state index is 13.2. The molecule has 0 N–H and O–H groups in total. The van der Waals surface area contributed by atoms with Crippen molar-refractivity contribution in [2.45, 2.75) is 39.4 Å². The molecule has 1 fully saturated rings. The van der Waals surface area contributed by atoms with E-state index in [1.165, 1.54) is 12.1 Å². The molecule has 0 radical (unpaired) electrons. The van der Waals surface area contributed by atoms with Gasteiger partial charge in [0.1, 0.15) is 24.2 Å². The summed E-state index contributed by atoms with van der Waals surface area (Å²) < 4.78 is 24.8. The highest BCUT2D eigenvalue weighted by Gasteiger charge is 2.34. The van der Waals surface area contributed by atoms with Gasteiger partial charge in [0.05, 0.1) is 12.6 Å². The Morgan fingerprint density at radius 2 is 1.72 bits per heavy atom. The molecular weight excluding hydrogens is 371 g/mol. The van der Waals surface area contributed by atoms with E-state index in [1.54, 1.807) is 12.1 Å². The van der Waals surface area contributed by atoms with Crippen LogP contribution in [-0.2, 0) is 11.3 Å². The minimum absolute atomic E-state index is 0.0819. The van der Waals surface area contributed by atoms with Gasteiger partial charge in [-0.25, -0.2) is 9.18 Å². The maximum absolute atomic E-state index is 13.2. The van der Waals surface area contributed by atoms with Crippen LogP contribution in [0.25, 0.3) is 0 Å². The Balaban J connectivity index is 1.69. The number of ether oxygens (including phenoxy) is 2. The molecule has 29 heavy (non-hydrogen) atoms. The standard InChI is InChI=1S/C23H27FN2O3/c1-4-28-22-7-5-6-8-23(22)29-16-25-13-17(2)26(21(15-27)18(25)3)14-19-9-11-20(24)12-10-19/h5-12,17-18H,4,13-14,16H2,1-3H3/t17-,18+/m1/s1. The quantitative estimate of drug-likeness (QED) is 0.663. The Morgan fingerprint density at radius 3 is 2.34 bits per heavy atom. The molecule has 0 bridgehead atoms. The van der Waals surface area contributed by atoms with Crippen LogP contribution in [0.5, 0.6) is 11.5 Å². The van der Waals surface area contributed by atoms with Crippen LogP contribution in [0.3, 0.4) is 0 Å². The topological polar surface area (TPSA) is 42.0 Å². The van der Waals surface area contributed by atoms with Crippen LogP contribution in [0.1, 0.15) is 26.3 Å². The van der Waals surface area contributed by atoms with Gasteiger partial charge in [0.25, 0.3) is 0 Å². The van der Waals surface area contributed by atoms with Gasteiger partial charge in [0.2, 0.25) is 0 Å². The zero-order valence-electron chi connectivity index (χ0n) is 17.1. The van der Waals surface area contributed by atoms with Gasteiger partial charge in [0, 0.05) is 19.1 Å². The molecular formula is C23H27FN2O3. The SMILES string of the molecule is CCOc1ccccc1OCN1C[C@@H](C)N(Cc2ccc(F)cc2)C(=C=O)[C@@H]1C. The van der Waals surface area contributed by atoms with Crippen LogP contribution in [0.4, 0.5) is 4.39 Å². The van der Waals surface area contributed by atoms with Crippen molar-refractivity contribution in [3.05, 3.63) is 65.6 Å². The van der Waals surface area contributed by atoms with Crippen molar-refractivity contribution in [1.29, 1.82) is 0 Å². The van der Waals surface area contributed by atoms with E-state index in [1.807, 2.05) is 43.0 Å². The normalized spacial score (nSPS) is 19.7. The number of hydrogen-bond donors (Lipinski definition) is 0. The fourth-order valence-corrected chi connectivity index (χ4v) is 3.58. The van der Waals surface area contributed by atoms with Crippen molar-refractivity contribution in [1.82, 2.24) is 9.80 Å². The average Bonchev–Trinajstić information content (AvgIpc) is 2.72. The Hall–Kier alpha value is -2.82. The summed E-state index contributed by atoms with van der Waals surface area (Å²) in [5.41, 5.74) is 1.53. The van der Waals surface area contributed by atoms with Gasteiger partial charge in [-0.15, -0.1) is 0 Å². The smallest absolute Gasteiger partial charge is 0.163 e. The second-order valence-electron chi connectivity index (χ2n) is 7.19. The van der Waals surface area contributed by atoms with E-state index in [4.69, 9.17) is 9.47 Å². The first kappa shape index (κ1) is 20.9. The van der Waals surface area contributed by atoms with Crippen molar-refractivity contribution in [2.75, 3.05) is 19.9 Å². The van der Waals surface area contributed by atoms with Crippen LogP contribution < -0.4 is 9.47 Å².